The molecule has 21 heteroatoms. The van der Waals surface area contributed by atoms with E-state index in [2.05, 4.69) is 29.5 Å². The zero-order chi connectivity index (χ0) is 56.0. The van der Waals surface area contributed by atoms with Gasteiger partial charge < -0.3 is 70.5 Å². The number of nitrogens with one attached hydrogen (secondary N) is 1. The van der Waals surface area contributed by atoms with Gasteiger partial charge in [0.1, 0.15) is 61.5 Å². The van der Waals surface area contributed by atoms with Gasteiger partial charge in [-0.3, -0.25) is 14.4 Å². The molecule has 3 heterocycles. The van der Waals surface area contributed by atoms with Crippen molar-refractivity contribution in [2.45, 2.75) is 293 Å². The average molecular weight is 1120 g/mol. The standard InChI is InChI=1S/C56H103N5O15S/c1-3-5-7-9-11-13-15-17-19-21-23-25-27-29-31-33-46(64)72-38-41(73-47(65)34-32-30-28-26-24-22-20-18-16-14-12-10-8-6-4-2)39-77-40-42(57)54(71)58-45-35-61(60-59-45)55-51(69)50(68)53(44(37-63)74-55)76-56-52(70)49(67)48(66)43(36-62)75-56/h35,41-44,48-53,55-56,62-63,66-70H,3-34,36-40,57H2,1-2H3,(H,58,71)/t41-,42-,43?,44?,48?,49?,50?,51?,52?,53?,55-,56?/m1/s1. The highest BCUT2D eigenvalue weighted by atomic mass is 32.2. The molecule has 2 saturated heterocycles. The summed E-state index contributed by atoms with van der Waals surface area (Å²) in [6.07, 6.45) is 21.6. The van der Waals surface area contributed by atoms with Gasteiger partial charge in [-0.25, -0.2) is 4.68 Å². The predicted octanol–water partition coefficient (Wildman–Crippen LogP) is 7.05. The first-order valence-corrected chi connectivity index (χ1v) is 31.0. The molecule has 2 aliphatic heterocycles. The summed E-state index contributed by atoms with van der Waals surface area (Å²) in [6.45, 7) is 2.90. The highest BCUT2D eigenvalue weighted by Crippen LogP contribution is 2.33. The molecule has 0 aliphatic carbocycles. The Bertz CT molecular complexity index is 1670. The number of hydrogen-bond donors (Lipinski definition) is 9. The maximum absolute atomic E-state index is 13.2. The van der Waals surface area contributed by atoms with Crippen molar-refractivity contribution >= 4 is 35.4 Å². The number of amides is 1. The van der Waals surface area contributed by atoms with E-state index >= 15 is 0 Å². The Labute approximate surface area is 464 Å². The minimum atomic E-state index is -1.82. The van der Waals surface area contributed by atoms with E-state index in [0.29, 0.717) is 6.42 Å². The van der Waals surface area contributed by atoms with E-state index in [4.69, 9.17) is 29.4 Å². The zero-order valence-corrected chi connectivity index (χ0v) is 47.7. The number of aliphatic hydroxyl groups excluding tert-OH is 7. The lowest BCUT2D eigenvalue weighted by Crippen LogP contribution is -2.63. The number of nitrogens with zero attached hydrogens (tertiary/aromatic N) is 3. The number of aromatic nitrogens is 3. The van der Waals surface area contributed by atoms with Crippen LogP contribution in [0, 0.1) is 0 Å². The fraction of sp³-hybridized carbons (Fsp3) is 0.911. The van der Waals surface area contributed by atoms with Gasteiger partial charge in [0.15, 0.2) is 18.3 Å². The van der Waals surface area contributed by atoms with Crippen LogP contribution in [-0.4, -0.2) is 167 Å². The Balaban J connectivity index is 1.42. The quantitative estimate of drug-likeness (QED) is 0.0233. The average Bonchev–Trinajstić information content (AvgIpc) is 3.90. The molecule has 3 rings (SSSR count). The largest absolute Gasteiger partial charge is 0.462 e. The summed E-state index contributed by atoms with van der Waals surface area (Å²) in [6, 6.07) is -1.06. The van der Waals surface area contributed by atoms with Gasteiger partial charge in [0.25, 0.3) is 0 Å². The van der Waals surface area contributed by atoms with Crippen LogP contribution in [0.2, 0.25) is 0 Å². The van der Waals surface area contributed by atoms with Crippen LogP contribution in [0.5, 0.6) is 0 Å². The molecule has 1 amide bonds. The smallest absolute Gasteiger partial charge is 0.306 e. The lowest BCUT2D eigenvalue weighted by Gasteiger charge is -2.45. The summed E-state index contributed by atoms with van der Waals surface area (Å²) in [4.78, 5) is 39.0. The Morgan fingerprint density at radius 3 is 1.56 bits per heavy atom. The minimum absolute atomic E-state index is 0.0763. The first kappa shape index (κ1) is 68.7. The van der Waals surface area contributed by atoms with Gasteiger partial charge in [0.05, 0.1) is 25.5 Å². The Morgan fingerprint density at radius 2 is 1.08 bits per heavy atom. The van der Waals surface area contributed by atoms with Gasteiger partial charge in [0, 0.05) is 24.3 Å². The van der Waals surface area contributed by atoms with Gasteiger partial charge >= 0.3 is 11.9 Å². The molecule has 77 heavy (non-hydrogen) atoms. The summed E-state index contributed by atoms with van der Waals surface area (Å²) in [5.41, 5.74) is 6.26. The van der Waals surface area contributed by atoms with Crippen molar-refractivity contribution in [1.82, 2.24) is 15.0 Å². The Hall–Kier alpha value is -2.54. The molecular formula is C56H103N5O15S. The van der Waals surface area contributed by atoms with E-state index in [1.54, 1.807) is 0 Å². The third kappa shape index (κ3) is 28.1. The number of anilines is 1. The van der Waals surface area contributed by atoms with Crippen molar-refractivity contribution in [3.05, 3.63) is 6.20 Å². The monoisotopic (exact) mass is 1120 g/mol. The molecule has 20 nitrogen and oxygen atoms in total. The van der Waals surface area contributed by atoms with Gasteiger partial charge in [-0.2, -0.15) is 11.8 Å². The lowest BCUT2D eigenvalue weighted by molar-refractivity contribution is -0.347. The molecule has 10 N–H and O–H groups in total. The van der Waals surface area contributed by atoms with Crippen molar-refractivity contribution in [3.8, 4) is 0 Å². The van der Waals surface area contributed by atoms with E-state index < -0.39 is 92.6 Å². The van der Waals surface area contributed by atoms with Gasteiger partial charge in [-0.15, -0.1) is 5.10 Å². The number of carbonyl (C=O) groups excluding carboxylic acids is 3. The normalized spacial score (nSPS) is 24.4. The van der Waals surface area contributed by atoms with Gasteiger partial charge in [-0.1, -0.05) is 199 Å². The Morgan fingerprint density at radius 1 is 0.610 bits per heavy atom. The van der Waals surface area contributed by atoms with Crippen LogP contribution >= 0.6 is 11.8 Å². The topological polar surface area (TPSA) is 308 Å². The summed E-state index contributed by atoms with van der Waals surface area (Å²) in [5.74, 6) is -1.09. The number of esters is 2. The number of ether oxygens (including phenoxy) is 5. The number of hydrogen-bond acceptors (Lipinski definition) is 19. The summed E-state index contributed by atoms with van der Waals surface area (Å²) in [5, 5.41) is 82.8. The molecular weight excluding hydrogens is 1010 g/mol. The number of aliphatic hydroxyl groups is 7. The molecule has 0 radical (unpaired) electrons. The van der Waals surface area contributed by atoms with Crippen LogP contribution in [0.15, 0.2) is 6.20 Å². The molecule has 1 aromatic heterocycles. The van der Waals surface area contributed by atoms with Crippen molar-refractivity contribution in [3.63, 3.8) is 0 Å². The maximum Gasteiger partial charge on any atom is 0.306 e. The molecule has 0 spiro atoms. The molecule has 1 aromatic rings. The molecule has 0 bridgehead atoms. The molecule has 448 valence electrons. The molecule has 0 saturated carbocycles. The van der Waals surface area contributed by atoms with Crippen LogP contribution in [0.3, 0.4) is 0 Å². The maximum atomic E-state index is 13.2. The van der Waals surface area contributed by atoms with Crippen LogP contribution in [-0.2, 0) is 38.1 Å². The summed E-state index contributed by atoms with van der Waals surface area (Å²) in [7, 11) is 0. The number of carbonyl (C=O) groups is 3. The van der Waals surface area contributed by atoms with Crippen molar-refractivity contribution in [2.24, 2.45) is 5.73 Å². The molecule has 0 aromatic carbocycles. The fourth-order valence-corrected chi connectivity index (χ4v) is 10.7. The summed E-state index contributed by atoms with van der Waals surface area (Å²) < 4.78 is 29.2. The Kier molecular flexibility index (Phi) is 37.8. The predicted molar refractivity (Wildman–Crippen MR) is 296 cm³/mol. The van der Waals surface area contributed by atoms with Crippen LogP contribution < -0.4 is 11.1 Å². The van der Waals surface area contributed by atoms with Crippen molar-refractivity contribution in [2.75, 3.05) is 36.6 Å². The second kappa shape index (κ2) is 42.3. The molecule has 2 fully saturated rings. The molecule has 2 aliphatic rings. The number of unbranched alkanes of at least 4 members (excludes halogenated alkanes) is 28. The number of thioether (sulfide) groups is 1. The van der Waals surface area contributed by atoms with Crippen LogP contribution in [0.1, 0.15) is 226 Å². The van der Waals surface area contributed by atoms with Gasteiger partial charge in [-0.05, 0) is 12.8 Å². The van der Waals surface area contributed by atoms with E-state index in [0.717, 1.165) is 49.6 Å². The second-order valence-corrected chi connectivity index (χ2v) is 22.5. The second-order valence-electron chi connectivity index (χ2n) is 21.4. The first-order valence-electron chi connectivity index (χ1n) is 29.8. The van der Waals surface area contributed by atoms with Crippen LogP contribution in [0.4, 0.5) is 5.82 Å². The van der Waals surface area contributed by atoms with E-state index in [1.165, 1.54) is 159 Å². The third-order valence-electron chi connectivity index (χ3n) is 14.6. The zero-order valence-electron chi connectivity index (χ0n) is 46.9. The van der Waals surface area contributed by atoms with E-state index in [9.17, 15) is 50.1 Å². The summed E-state index contributed by atoms with van der Waals surface area (Å²) >= 11 is 1.26. The minimum Gasteiger partial charge on any atom is -0.462 e. The first-order chi connectivity index (χ1) is 37.3. The number of rotatable bonds is 46. The van der Waals surface area contributed by atoms with E-state index in [1.807, 2.05) is 0 Å². The number of nitrogens with two attached hydrogens (primary N) is 1. The molecule has 9 unspecified atom stereocenters. The fourth-order valence-electron chi connectivity index (χ4n) is 9.77. The van der Waals surface area contributed by atoms with E-state index in [-0.39, 0.29) is 48.7 Å². The van der Waals surface area contributed by atoms with Crippen molar-refractivity contribution in [1.29, 1.82) is 0 Å². The van der Waals surface area contributed by atoms with Crippen molar-refractivity contribution < 1.29 is 73.8 Å². The highest BCUT2D eigenvalue weighted by Gasteiger charge is 2.51. The SMILES string of the molecule is CCCCCCCCCCCCCCCCCC(=O)OC[C@H](CSC[C@@H](N)C(=O)Nc1cn([C@@H]2OC(CO)C(OC3OC(CO)C(O)C(O)C3O)C(O)C2O)nn1)OC(=O)CCCCCCCCCCCCCCCCC. The lowest BCUT2D eigenvalue weighted by atomic mass is 9.96. The third-order valence-corrected chi connectivity index (χ3v) is 15.8. The highest BCUT2D eigenvalue weighted by molar-refractivity contribution is 7.99. The van der Waals surface area contributed by atoms with Crippen LogP contribution in [0.25, 0.3) is 0 Å². The molecule has 12 atom stereocenters. The van der Waals surface area contributed by atoms with Gasteiger partial charge in [0.2, 0.25) is 5.91 Å².